The predicted molar refractivity (Wildman–Crippen MR) is 64.9 cm³/mol. The number of carbonyl (C=O) groups is 1. The van der Waals surface area contributed by atoms with Gasteiger partial charge in [-0.15, -0.1) is 11.8 Å². The SMILES string of the molecule is CC(CC(N)=O)c1cccc2c1SCCO2. The van der Waals surface area contributed by atoms with Crippen LogP contribution in [0.1, 0.15) is 24.8 Å². The van der Waals surface area contributed by atoms with Crippen molar-refractivity contribution in [1.29, 1.82) is 0 Å². The van der Waals surface area contributed by atoms with Crippen LogP contribution in [0.3, 0.4) is 0 Å². The van der Waals surface area contributed by atoms with E-state index in [0.29, 0.717) is 6.42 Å². The molecule has 0 bridgehead atoms. The number of carbonyl (C=O) groups excluding carboxylic acids is 1. The molecule has 2 rings (SSSR count). The summed E-state index contributed by atoms with van der Waals surface area (Å²) in [6.07, 6.45) is 0.386. The summed E-state index contributed by atoms with van der Waals surface area (Å²) in [5, 5.41) is 0. The van der Waals surface area contributed by atoms with Crippen molar-refractivity contribution in [2.45, 2.75) is 24.2 Å². The van der Waals surface area contributed by atoms with Gasteiger partial charge < -0.3 is 10.5 Å². The van der Waals surface area contributed by atoms with E-state index in [1.165, 1.54) is 10.5 Å². The Kier molecular flexibility index (Phi) is 3.39. The lowest BCUT2D eigenvalue weighted by Gasteiger charge is -2.22. The Morgan fingerprint density at radius 3 is 3.19 bits per heavy atom. The van der Waals surface area contributed by atoms with Gasteiger partial charge in [0.25, 0.3) is 0 Å². The molecule has 1 aliphatic heterocycles. The minimum absolute atomic E-state index is 0.154. The Hall–Kier alpha value is -1.16. The quantitative estimate of drug-likeness (QED) is 0.876. The summed E-state index contributed by atoms with van der Waals surface area (Å²) >= 11 is 1.79. The molecule has 1 aliphatic rings. The number of hydrogen-bond acceptors (Lipinski definition) is 3. The molecule has 4 heteroatoms. The van der Waals surface area contributed by atoms with Crippen LogP contribution in [-0.4, -0.2) is 18.3 Å². The van der Waals surface area contributed by atoms with Gasteiger partial charge in [0.2, 0.25) is 5.91 Å². The summed E-state index contributed by atoms with van der Waals surface area (Å²) in [5.41, 5.74) is 6.40. The maximum atomic E-state index is 10.9. The first-order valence-corrected chi connectivity index (χ1v) is 6.34. The van der Waals surface area contributed by atoms with Crippen molar-refractivity contribution >= 4 is 17.7 Å². The molecule has 1 amide bonds. The number of hydrogen-bond donors (Lipinski definition) is 1. The van der Waals surface area contributed by atoms with Crippen LogP contribution in [-0.2, 0) is 4.79 Å². The zero-order valence-corrected chi connectivity index (χ0v) is 10.0. The molecule has 1 unspecified atom stereocenters. The third-order valence-corrected chi connectivity index (χ3v) is 3.73. The summed E-state index contributed by atoms with van der Waals surface area (Å²) in [7, 11) is 0. The topological polar surface area (TPSA) is 52.3 Å². The van der Waals surface area contributed by atoms with Crippen LogP contribution in [0, 0.1) is 0 Å². The van der Waals surface area contributed by atoms with Crippen LogP contribution in [0.4, 0.5) is 0 Å². The summed E-state index contributed by atoms with van der Waals surface area (Å²) < 4.78 is 5.58. The Balaban J connectivity index is 2.29. The van der Waals surface area contributed by atoms with E-state index in [-0.39, 0.29) is 11.8 Å². The summed E-state index contributed by atoms with van der Waals surface area (Å²) in [5.74, 6) is 1.80. The molecule has 86 valence electrons. The zero-order chi connectivity index (χ0) is 11.5. The molecule has 3 nitrogen and oxygen atoms in total. The monoisotopic (exact) mass is 237 g/mol. The van der Waals surface area contributed by atoms with Crippen molar-refractivity contribution in [2.24, 2.45) is 5.73 Å². The maximum absolute atomic E-state index is 10.9. The molecule has 1 aromatic carbocycles. The second kappa shape index (κ2) is 4.78. The number of amides is 1. The van der Waals surface area contributed by atoms with Crippen LogP contribution in [0.15, 0.2) is 23.1 Å². The lowest BCUT2D eigenvalue weighted by atomic mass is 9.97. The maximum Gasteiger partial charge on any atom is 0.218 e. The Labute approximate surface area is 99.4 Å². The van der Waals surface area contributed by atoms with E-state index in [4.69, 9.17) is 10.5 Å². The fourth-order valence-corrected chi connectivity index (χ4v) is 2.97. The number of fused-ring (bicyclic) bond motifs is 1. The third kappa shape index (κ3) is 2.32. The van der Waals surface area contributed by atoms with Gasteiger partial charge in [-0.2, -0.15) is 0 Å². The first-order valence-electron chi connectivity index (χ1n) is 5.35. The summed E-state index contributed by atoms with van der Waals surface area (Å²) in [6, 6.07) is 5.99. The highest BCUT2D eigenvalue weighted by molar-refractivity contribution is 7.99. The molecular formula is C12H15NO2S. The Morgan fingerprint density at radius 2 is 2.44 bits per heavy atom. The minimum Gasteiger partial charge on any atom is -0.492 e. The first kappa shape index (κ1) is 11.3. The Morgan fingerprint density at radius 1 is 1.62 bits per heavy atom. The van der Waals surface area contributed by atoms with E-state index >= 15 is 0 Å². The van der Waals surface area contributed by atoms with Crippen molar-refractivity contribution in [3.63, 3.8) is 0 Å². The molecule has 0 fully saturated rings. The van der Waals surface area contributed by atoms with Gasteiger partial charge in [0, 0.05) is 12.2 Å². The number of thioether (sulfide) groups is 1. The summed E-state index contributed by atoms with van der Waals surface area (Å²) in [4.78, 5) is 12.1. The molecule has 2 N–H and O–H groups in total. The number of rotatable bonds is 3. The molecule has 0 saturated heterocycles. The lowest BCUT2D eigenvalue weighted by molar-refractivity contribution is -0.118. The van der Waals surface area contributed by atoms with Crippen LogP contribution in [0.5, 0.6) is 5.75 Å². The highest BCUT2D eigenvalue weighted by Gasteiger charge is 2.19. The molecule has 1 aromatic rings. The second-order valence-electron chi connectivity index (χ2n) is 3.94. The van der Waals surface area contributed by atoms with Gasteiger partial charge in [0.1, 0.15) is 5.75 Å². The van der Waals surface area contributed by atoms with Crippen LogP contribution < -0.4 is 10.5 Å². The van der Waals surface area contributed by atoms with Gasteiger partial charge in [0.05, 0.1) is 11.5 Å². The Bertz CT molecular complexity index is 406. The van der Waals surface area contributed by atoms with Gasteiger partial charge >= 0.3 is 0 Å². The van der Waals surface area contributed by atoms with E-state index in [1.807, 2.05) is 25.1 Å². The van der Waals surface area contributed by atoms with Crippen LogP contribution >= 0.6 is 11.8 Å². The molecular weight excluding hydrogens is 222 g/mol. The molecule has 1 heterocycles. The molecule has 1 atom stereocenters. The van der Waals surface area contributed by atoms with Gasteiger partial charge in [0.15, 0.2) is 0 Å². The third-order valence-electron chi connectivity index (χ3n) is 2.63. The second-order valence-corrected chi connectivity index (χ2v) is 5.05. The molecule has 16 heavy (non-hydrogen) atoms. The average Bonchev–Trinajstić information content (AvgIpc) is 2.27. The zero-order valence-electron chi connectivity index (χ0n) is 9.23. The molecule has 0 aliphatic carbocycles. The number of primary amides is 1. The predicted octanol–water partition coefficient (Wildman–Crippen LogP) is 2.15. The number of ether oxygens (including phenoxy) is 1. The van der Waals surface area contributed by atoms with Gasteiger partial charge in [-0.3, -0.25) is 4.79 Å². The van der Waals surface area contributed by atoms with Crippen LogP contribution in [0.25, 0.3) is 0 Å². The lowest BCUT2D eigenvalue weighted by Crippen LogP contribution is -2.15. The highest BCUT2D eigenvalue weighted by atomic mass is 32.2. The minimum atomic E-state index is -0.258. The number of nitrogens with two attached hydrogens (primary N) is 1. The van der Waals surface area contributed by atoms with Crippen molar-refractivity contribution in [3.8, 4) is 5.75 Å². The molecule has 0 spiro atoms. The van der Waals surface area contributed by atoms with Gasteiger partial charge in [-0.05, 0) is 17.5 Å². The van der Waals surface area contributed by atoms with E-state index in [9.17, 15) is 4.79 Å². The molecule has 0 saturated carbocycles. The van der Waals surface area contributed by atoms with Crippen LogP contribution in [0.2, 0.25) is 0 Å². The van der Waals surface area contributed by atoms with Gasteiger partial charge in [-0.25, -0.2) is 0 Å². The van der Waals surface area contributed by atoms with Gasteiger partial charge in [-0.1, -0.05) is 19.1 Å². The van der Waals surface area contributed by atoms with Crippen molar-refractivity contribution in [1.82, 2.24) is 0 Å². The van der Waals surface area contributed by atoms with E-state index in [2.05, 4.69) is 0 Å². The van der Waals surface area contributed by atoms with E-state index < -0.39 is 0 Å². The van der Waals surface area contributed by atoms with Crippen molar-refractivity contribution in [2.75, 3.05) is 12.4 Å². The number of benzene rings is 1. The summed E-state index contributed by atoms with van der Waals surface area (Å²) in [6.45, 7) is 2.78. The van der Waals surface area contributed by atoms with Crippen molar-refractivity contribution in [3.05, 3.63) is 23.8 Å². The molecule has 0 radical (unpaired) electrons. The smallest absolute Gasteiger partial charge is 0.218 e. The standard InChI is InChI=1S/C12H15NO2S/c1-8(7-11(13)14)9-3-2-4-10-12(9)16-6-5-15-10/h2-4,8H,5-7H2,1H3,(H2,13,14). The fraction of sp³-hybridized carbons (Fsp3) is 0.417. The first-order chi connectivity index (χ1) is 7.68. The fourth-order valence-electron chi connectivity index (χ4n) is 1.90. The largest absolute Gasteiger partial charge is 0.492 e. The average molecular weight is 237 g/mol. The highest BCUT2D eigenvalue weighted by Crippen LogP contribution is 2.39. The normalized spacial score (nSPS) is 16.1. The van der Waals surface area contributed by atoms with Crippen molar-refractivity contribution < 1.29 is 9.53 Å². The van der Waals surface area contributed by atoms with E-state index in [1.54, 1.807) is 11.8 Å². The molecule has 0 aromatic heterocycles. The van der Waals surface area contributed by atoms with E-state index in [0.717, 1.165) is 18.1 Å².